The highest BCUT2D eigenvalue weighted by molar-refractivity contribution is 7.09. The second-order valence-corrected chi connectivity index (χ2v) is 6.00. The molecule has 2 atom stereocenters. The van der Waals surface area contributed by atoms with Crippen molar-refractivity contribution in [2.75, 3.05) is 6.54 Å². The number of rotatable bonds is 5. The first-order valence-corrected chi connectivity index (χ1v) is 7.41. The Morgan fingerprint density at radius 3 is 2.89 bits per heavy atom. The molecule has 102 valence electrons. The van der Waals surface area contributed by atoms with Crippen LogP contribution in [0.3, 0.4) is 0 Å². The molecule has 1 fully saturated rings. The number of nitrogens with one attached hydrogen (secondary N) is 1. The highest BCUT2D eigenvalue weighted by Crippen LogP contribution is 2.43. The molecule has 1 aromatic heterocycles. The smallest absolute Gasteiger partial charge is 0.248 e. The van der Waals surface area contributed by atoms with Gasteiger partial charge in [-0.1, -0.05) is 6.92 Å². The number of hydrogen-bond donors (Lipinski definition) is 1. The normalized spacial score (nSPS) is 24.3. The standard InChI is InChI=1S/C13H20F2N2S/c1-3-16-11(12-9(2)17-8-18-12)6-10-4-5-13(14,15)7-10/h8,10-11,16H,3-7H2,1-2H3. The van der Waals surface area contributed by atoms with Gasteiger partial charge >= 0.3 is 0 Å². The van der Waals surface area contributed by atoms with Crippen molar-refractivity contribution in [1.82, 2.24) is 10.3 Å². The number of halogens is 2. The minimum Gasteiger partial charge on any atom is -0.309 e. The summed E-state index contributed by atoms with van der Waals surface area (Å²) in [6, 6.07) is 0.182. The van der Waals surface area contributed by atoms with Crippen LogP contribution < -0.4 is 5.32 Å². The van der Waals surface area contributed by atoms with Crippen molar-refractivity contribution in [3.8, 4) is 0 Å². The van der Waals surface area contributed by atoms with Crippen LogP contribution >= 0.6 is 11.3 Å². The molecule has 1 heterocycles. The zero-order chi connectivity index (χ0) is 13.2. The van der Waals surface area contributed by atoms with E-state index in [2.05, 4.69) is 10.3 Å². The van der Waals surface area contributed by atoms with Crippen LogP contribution in [-0.2, 0) is 0 Å². The van der Waals surface area contributed by atoms with Gasteiger partial charge in [0.25, 0.3) is 0 Å². The molecule has 5 heteroatoms. The lowest BCUT2D eigenvalue weighted by atomic mass is 9.96. The molecule has 1 aromatic rings. The number of alkyl halides is 2. The van der Waals surface area contributed by atoms with Gasteiger partial charge in [0.2, 0.25) is 5.92 Å². The fourth-order valence-corrected chi connectivity index (χ4v) is 3.64. The van der Waals surface area contributed by atoms with Crippen LogP contribution in [0.4, 0.5) is 8.78 Å². The summed E-state index contributed by atoms with van der Waals surface area (Å²) in [7, 11) is 0. The van der Waals surface area contributed by atoms with Crippen molar-refractivity contribution in [1.29, 1.82) is 0 Å². The van der Waals surface area contributed by atoms with E-state index in [1.54, 1.807) is 11.3 Å². The Kier molecular flexibility index (Phi) is 4.33. The van der Waals surface area contributed by atoms with Crippen LogP contribution in [0.5, 0.6) is 0 Å². The Morgan fingerprint density at radius 2 is 2.39 bits per heavy atom. The molecule has 1 aliphatic carbocycles. The zero-order valence-electron chi connectivity index (χ0n) is 10.9. The van der Waals surface area contributed by atoms with Gasteiger partial charge in [-0.25, -0.2) is 13.8 Å². The fraction of sp³-hybridized carbons (Fsp3) is 0.769. The SMILES string of the molecule is CCNC(CC1CCC(F)(F)C1)c1scnc1C. The summed E-state index contributed by atoms with van der Waals surface area (Å²) in [6.07, 6.45) is 1.55. The highest BCUT2D eigenvalue weighted by Gasteiger charge is 2.40. The fourth-order valence-electron chi connectivity index (χ4n) is 2.75. The van der Waals surface area contributed by atoms with Gasteiger partial charge in [-0.05, 0) is 32.2 Å². The average molecular weight is 274 g/mol. The molecule has 0 amide bonds. The van der Waals surface area contributed by atoms with Crippen molar-refractivity contribution in [2.24, 2.45) is 5.92 Å². The first-order valence-electron chi connectivity index (χ1n) is 6.53. The Hall–Kier alpha value is -0.550. The van der Waals surface area contributed by atoms with Crippen molar-refractivity contribution >= 4 is 11.3 Å². The third kappa shape index (κ3) is 3.26. The molecule has 0 bridgehead atoms. The van der Waals surface area contributed by atoms with E-state index in [9.17, 15) is 8.78 Å². The summed E-state index contributed by atoms with van der Waals surface area (Å²) in [5.74, 6) is -2.31. The Bertz CT molecular complexity index is 392. The Balaban J connectivity index is 2.02. The summed E-state index contributed by atoms with van der Waals surface area (Å²) in [5, 5.41) is 3.41. The summed E-state index contributed by atoms with van der Waals surface area (Å²) in [4.78, 5) is 5.45. The largest absolute Gasteiger partial charge is 0.309 e. The second kappa shape index (κ2) is 5.61. The molecule has 18 heavy (non-hydrogen) atoms. The Labute approximate surface area is 111 Å². The van der Waals surface area contributed by atoms with Crippen LogP contribution in [0.15, 0.2) is 5.51 Å². The lowest BCUT2D eigenvalue weighted by molar-refractivity contribution is 0.00433. The van der Waals surface area contributed by atoms with Gasteiger partial charge < -0.3 is 5.32 Å². The summed E-state index contributed by atoms with van der Waals surface area (Å²) in [6.45, 7) is 4.89. The minimum atomic E-state index is -2.44. The number of hydrogen-bond acceptors (Lipinski definition) is 3. The average Bonchev–Trinajstić information content (AvgIpc) is 2.84. The van der Waals surface area contributed by atoms with Crippen molar-refractivity contribution in [3.05, 3.63) is 16.1 Å². The lowest BCUT2D eigenvalue weighted by Crippen LogP contribution is -2.23. The third-order valence-corrected chi connectivity index (χ3v) is 4.67. The van der Waals surface area contributed by atoms with Gasteiger partial charge in [0.1, 0.15) is 0 Å². The molecule has 1 aliphatic rings. The Morgan fingerprint density at radius 1 is 1.61 bits per heavy atom. The summed E-state index contributed by atoms with van der Waals surface area (Å²) >= 11 is 1.62. The van der Waals surface area contributed by atoms with Gasteiger partial charge in [-0.2, -0.15) is 0 Å². The molecular weight excluding hydrogens is 254 g/mol. The van der Waals surface area contributed by atoms with Crippen LogP contribution in [0.2, 0.25) is 0 Å². The maximum atomic E-state index is 13.2. The molecule has 2 rings (SSSR count). The van der Waals surface area contributed by atoms with E-state index in [1.165, 1.54) is 4.88 Å². The number of thiazole rings is 1. The molecule has 0 aromatic carbocycles. The van der Waals surface area contributed by atoms with Crippen LogP contribution in [0.1, 0.15) is 49.2 Å². The van der Waals surface area contributed by atoms with E-state index < -0.39 is 5.92 Å². The van der Waals surface area contributed by atoms with E-state index in [0.29, 0.717) is 6.42 Å². The topological polar surface area (TPSA) is 24.9 Å². The van der Waals surface area contributed by atoms with Crippen LogP contribution in [0, 0.1) is 12.8 Å². The van der Waals surface area contributed by atoms with Gasteiger partial charge in [0.05, 0.1) is 11.2 Å². The van der Waals surface area contributed by atoms with E-state index in [4.69, 9.17) is 0 Å². The first kappa shape index (κ1) is 13.9. The van der Waals surface area contributed by atoms with Gasteiger partial charge in [0.15, 0.2) is 0 Å². The van der Waals surface area contributed by atoms with Crippen molar-refractivity contribution in [3.63, 3.8) is 0 Å². The molecule has 1 N–H and O–H groups in total. The quantitative estimate of drug-likeness (QED) is 0.880. The summed E-state index contributed by atoms with van der Waals surface area (Å²) < 4.78 is 26.4. The molecule has 0 radical (unpaired) electrons. The van der Waals surface area contributed by atoms with Crippen LogP contribution in [-0.4, -0.2) is 17.5 Å². The monoisotopic (exact) mass is 274 g/mol. The molecule has 0 saturated heterocycles. The maximum absolute atomic E-state index is 13.2. The maximum Gasteiger partial charge on any atom is 0.248 e. The molecule has 2 unspecified atom stereocenters. The van der Waals surface area contributed by atoms with Gasteiger partial charge in [-0.15, -0.1) is 11.3 Å². The van der Waals surface area contributed by atoms with Crippen LogP contribution in [0.25, 0.3) is 0 Å². The second-order valence-electron chi connectivity index (χ2n) is 5.11. The lowest BCUT2D eigenvalue weighted by Gasteiger charge is -2.21. The number of aryl methyl sites for hydroxylation is 1. The molecule has 2 nitrogen and oxygen atoms in total. The number of nitrogens with zero attached hydrogens (tertiary/aromatic N) is 1. The van der Waals surface area contributed by atoms with Gasteiger partial charge in [0, 0.05) is 23.8 Å². The summed E-state index contributed by atoms with van der Waals surface area (Å²) in [5.41, 5.74) is 2.86. The first-order chi connectivity index (χ1) is 8.52. The predicted molar refractivity (Wildman–Crippen MR) is 70.2 cm³/mol. The van der Waals surface area contributed by atoms with Crippen molar-refractivity contribution in [2.45, 2.75) is 51.5 Å². The van der Waals surface area contributed by atoms with E-state index in [-0.39, 0.29) is 24.8 Å². The van der Waals surface area contributed by atoms with Crippen molar-refractivity contribution < 1.29 is 8.78 Å². The van der Waals surface area contributed by atoms with Gasteiger partial charge in [-0.3, -0.25) is 0 Å². The molecule has 1 saturated carbocycles. The van der Waals surface area contributed by atoms with E-state index >= 15 is 0 Å². The van der Waals surface area contributed by atoms with E-state index in [1.807, 2.05) is 19.4 Å². The molecule has 0 aliphatic heterocycles. The minimum absolute atomic E-state index is 0.0484. The molecular formula is C13H20F2N2S. The number of aromatic nitrogens is 1. The molecule has 0 spiro atoms. The third-order valence-electron chi connectivity index (χ3n) is 3.62. The zero-order valence-corrected chi connectivity index (χ0v) is 11.7. The van der Waals surface area contributed by atoms with E-state index in [0.717, 1.165) is 18.7 Å². The highest BCUT2D eigenvalue weighted by atomic mass is 32.1. The predicted octanol–water partition coefficient (Wildman–Crippen LogP) is 3.93.